The number of benzene rings is 1. The maximum Gasteiger partial charge on any atom is 0.412 e. The van der Waals surface area contributed by atoms with Crippen molar-refractivity contribution in [3.8, 4) is 11.5 Å². The average molecular weight is 695 g/mol. The first-order valence-electron chi connectivity index (χ1n) is 17.4. The number of thioether (sulfide) groups is 1. The molecule has 6 atom stereocenters. The molecule has 2 heterocycles. The number of allylic oxidation sites excluding steroid dienone is 1. The number of oxime groups is 1. The molecule has 3 aliphatic rings. The molecule has 1 aromatic carbocycles. The van der Waals surface area contributed by atoms with Gasteiger partial charge < -0.3 is 34.6 Å². The monoisotopic (exact) mass is 694 g/mol. The van der Waals surface area contributed by atoms with E-state index in [1.54, 1.807) is 49.6 Å². The zero-order valence-corrected chi connectivity index (χ0v) is 29.4. The average Bonchev–Trinajstić information content (AvgIpc) is 3.10. The number of unbranched alkanes of at least 4 members (excludes halogenated alkanes) is 2. The summed E-state index contributed by atoms with van der Waals surface area (Å²) < 4.78 is 19.7. The number of aromatic nitrogens is 2. The highest BCUT2D eigenvalue weighted by Crippen LogP contribution is 2.62. The van der Waals surface area contributed by atoms with Crippen LogP contribution >= 0.6 is 11.8 Å². The minimum Gasteiger partial charge on any atom is -0.460 e. The van der Waals surface area contributed by atoms with Gasteiger partial charge in [-0.1, -0.05) is 30.1 Å². The maximum absolute atomic E-state index is 12.5. The van der Waals surface area contributed by atoms with Gasteiger partial charge in [0.25, 0.3) is 0 Å². The molecule has 1 amide bonds. The lowest BCUT2D eigenvalue weighted by atomic mass is 9.56. The highest BCUT2D eigenvalue weighted by molar-refractivity contribution is 8.00. The molecule has 1 fully saturated rings. The van der Waals surface area contributed by atoms with E-state index in [0.29, 0.717) is 30.9 Å². The van der Waals surface area contributed by atoms with Crippen molar-refractivity contribution < 1.29 is 34.1 Å². The second-order valence-electron chi connectivity index (χ2n) is 12.7. The Morgan fingerprint density at radius 2 is 2.02 bits per heavy atom. The molecule has 1 aliphatic heterocycles. The third-order valence-electron chi connectivity index (χ3n) is 9.65. The number of carbonyl (C=O) groups is 1. The Kier molecular flexibility index (Phi) is 13.5. The molecule has 1 saturated carbocycles. The third-order valence-corrected chi connectivity index (χ3v) is 11.0. The van der Waals surface area contributed by atoms with Crippen LogP contribution in [0.2, 0.25) is 0 Å². The first-order chi connectivity index (χ1) is 24.0. The van der Waals surface area contributed by atoms with E-state index in [0.717, 1.165) is 66.8 Å². The normalized spacial score (nSPS) is 26.2. The van der Waals surface area contributed by atoms with E-state index in [-0.39, 0.29) is 48.7 Å². The van der Waals surface area contributed by atoms with Gasteiger partial charge >= 0.3 is 6.09 Å². The Balaban J connectivity index is 1.66. The number of fused-ring (bicyclic) bond motifs is 2. The number of amides is 1. The molecular formula is C37H50N4O7S. The lowest BCUT2D eigenvalue weighted by Crippen LogP contribution is -2.64. The van der Waals surface area contributed by atoms with Crippen LogP contribution in [-0.4, -0.2) is 82.3 Å². The number of hydrogen-bond acceptors (Lipinski definition) is 11. The van der Waals surface area contributed by atoms with Crippen molar-refractivity contribution >= 4 is 23.6 Å². The van der Waals surface area contributed by atoms with Crippen LogP contribution < -0.4 is 14.8 Å². The zero-order valence-electron chi connectivity index (χ0n) is 28.6. The van der Waals surface area contributed by atoms with Gasteiger partial charge in [-0.15, -0.1) is 6.58 Å². The Morgan fingerprint density at radius 1 is 1.20 bits per heavy atom. The molecule has 1 aromatic heterocycles. The quantitative estimate of drug-likeness (QED) is 0.0991. The predicted molar refractivity (Wildman–Crippen MR) is 190 cm³/mol. The van der Waals surface area contributed by atoms with Gasteiger partial charge in [-0.2, -0.15) is 11.8 Å². The van der Waals surface area contributed by atoms with Gasteiger partial charge in [0.2, 0.25) is 5.79 Å². The third kappa shape index (κ3) is 8.48. The SMILES string of the molecule is C=CCOC12Oc3ccc(OC(=O)NCC)cc3C3C(CCCCO)C(CCCCO)C=C(C(=NOC)CC1SCCc1cnccn1)C32. The number of aliphatic hydroxyl groups is 2. The van der Waals surface area contributed by atoms with Gasteiger partial charge in [0, 0.05) is 62.7 Å². The molecule has 6 unspecified atom stereocenters. The molecule has 2 aliphatic carbocycles. The summed E-state index contributed by atoms with van der Waals surface area (Å²) in [5.74, 6) is 0.803. The highest BCUT2D eigenvalue weighted by atomic mass is 32.2. The summed E-state index contributed by atoms with van der Waals surface area (Å²) in [6, 6.07) is 5.60. The molecule has 266 valence electrons. The van der Waals surface area contributed by atoms with Gasteiger partial charge in [-0.05, 0) is 74.0 Å². The Hall–Kier alpha value is -3.45. The second kappa shape index (κ2) is 18.0. The number of carbonyl (C=O) groups excluding carboxylic acids is 1. The molecule has 3 N–H and O–H groups in total. The van der Waals surface area contributed by atoms with Crippen molar-refractivity contribution in [2.75, 3.05) is 39.2 Å². The van der Waals surface area contributed by atoms with Gasteiger partial charge in [-0.25, -0.2) is 4.79 Å². The van der Waals surface area contributed by atoms with Crippen molar-refractivity contribution in [1.82, 2.24) is 15.3 Å². The molecule has 0 radical (unpaired) electrons. The summed E-state index contributed by atoms with van der Waals surface area (Å²) in [6.07, 6.45) is 15.0. The number of rotatable bonds is 18. The summed E-state index contributed by atoms with van der Waals surface area (Å²) >= 11 is 1.77. The molecule has 11 nitrogen and oxygen atoms in total. The van der Waals surface area contributed by atoms with Gasteiger partial charge in [0.05, 0.1) is 29.2 Å². The highest BCUT2D eigenvalue weighted by Gasteiger charge is 2.63. The molecule has 0 bridgehead atoms. The van der Waals surface area contributed by atoms with Crippen LogP contribution in [0.25, 0.3) is 0 Å². The minimum absolute atomic E-state index is 0.0883. The van der Waals surface area contributed by atoms with Gasteiger partial charge in [-0.3, -0.25) is 9.97 Å². The van der Waals surface area contributed by atoms with Crippen LogP contribution in [0.15, 0.2) is 66.2 Å². The summed E-state index contributed by atoms with van der Waals surface area (Å²) in [4.78, 5) is 26.7. The standard InChI is InChI=1S/C37H50N4O7S/c1-4-19-46-37-33(49-20-14-26-24-38-15-16-40-26)23-31(41-45-3)29-21-25(10-6-8-17-42)28(11-7-9-18-43)34(35(29)37)30-22-27(12-13-32(30)48-37)47-36(44)39-5-2/h4,12-13,15-16,21-22,24-25,28,33-35,42-43H,1,5-11,14,17-20,23H2,2-3H3,(H,39,44). The second-order valence-corrected chi connectivity index (χ2v) is 14.0. The largest absolute Gasteiger partial charge is 0.460 e. The van der Waals surface area contributed by atoms with E-state index in [1.165, 1.54) is 0 Å². The topological polar surface area (TPSA) is 145 Å². The summed E-state index contributed by atoms with van der Waals surface area (Å²) in [7, 11) is 1.58. The van der Waals surface area contributed by atoms with Crippen molar-refractivity contribution in [1.29, 1.82) is 0 Å². The lowest BCUT2D eigenvalue weighted by Gasteiger charge is -2.58. The Morgan fingerprint density at radius 3 is 2.73 bits per heavy atom. The fourth-order valence-corrected chi connectivity index (χ4v) is 9.08. The van der Waals surface area contributed by atoms with E-state index in [4.69, 9.17) is 19.0 Å². The maximum atomic E-state index is 12.5. The summed E-state index contributed by atoms with van der Waals surface area (Å²) in [5, 5.41) is 26.6. The number of aryl methyl sites for hydroxylation is 1. The number of nitrogens with zero attached hydrogens (tertiary/aromatic N) is 3. The fraction of sp³-hybridized carbons (Fsp3) is 0.568. The van der Waals surface area contributed by atoms with Crippen molar-refractivity contribution in [3.63, 3.8) is 0 Å². The number of hydrogen-bond donors (Lipinski definition) is 3. The summed E-state index contributed by atoms with van der Waals surface area (Å²) in [6.45, 7) is 6.84. The van der Waals surface area contributed by atoms with Crippen molar-refractivity contribution in [3.05, 3.63) is 72.4 Å². The van der Waals surface area contributed by atoms with Gasteiger partial charge in [0.1, 0.15) is 18.6 Å². The molecular weight excluding hydrogens is 644 g/mol. The molecule has 0 spiro atoms. The predicted octanol–water partition coefficient (Wildman–Crippen LogP) is 5.82. The zero-order chi connectivity index (χ0) is 34.6. The fourth-order valence-electron chi connectivity index (χ4n) is 7.70. The number of ether oxygens (including phenoxy) is 3. The molecule has 49 heavy (non-hydrogen) atoms. The lowest BCUT2D eigenvalue weighted by molar-refractivity contribution is -0.223. The smallest absolute Gasteiger partial charge is 0.412 e. The van der Waals surface area contributed by atoms with E-state index in [1.807, 2.05) is 19.1 Å². The van der Waals surface area contributed by atoms with E-state index in [2.05, 4.69) is 33.1 Å². The van der Waals surface area contributed by atoms with E-state index in [9.17, 15) is 15.0 Å². The van der Waals surface area contributed by atoms with Crippen molar-refractivity contribution in [2.45, 2.75) is 75.2 Å². The van der Waals surface area contributed by atoms with Crippen LogP contribution in [0, 0.1) is 17.8 Å². The van der Waals surface area contributed by atoms with E-state index >= 15 is 0 Å². The number of aliphatic hydroxyl groups excluding tert-OH is 2. The molecule has 12 heteroatoms. The number of nitrogens with one attached hydrogen (secondary N) is 1. The van der Waals surface area contributed by atoms with Gasteiger partial charge in [0.15, 0.2) is 0 Å². The summed E-state index contributed by atoms with van der Waals surface area (Å²) in [5.41, 5.74) is 3.79. The van der Waals surface area contributed by atoms with E-state index < -0.39 is 11.9 Å². The van der Waals surface area contributed by atoms with Crippen LogP contribution in [0.5, 0.6) is 11.5 Å². The molecule has 0 saturated heterocycles. The Bertz CT molecular complexity index is 1460. The first-order valence-corrected chi connectivity index (χ1v) is 18.5. The van der Waals surface area contributed by atoms with Crippen molar-refractivity contribution in [2.24, 2.45) is 22.9 Å². The van der Waals surface area contributed by atoms with Crippen LogP contribution in [0.3, 0.4) is 0 Å². The van der Waals surface area contributed by atoms with Crippen LogP contribution in [0.4, 0.5) is 4.79 Å². The minimum atomic E-state index is -1.06. The van der Waals surface area contributed by atoms with Crippen LogP contribution in [-0.2, 0) is 16.0 Å². The molecule has 5 rings (SSSR count). The Labute approximate surface area is 293 Å². The van der Waals surface area contributed by atoms with Crippen LogP contribution in [0.1, 0.15) is 69.0 Å². The first kappa shape index (κ1) is 36.8. The molecule has 2 aromatic rings.